The van der Waals surface area contributed by atoms with Crippen LogP contribution in [0.4, 0.5) is 10.5 Å². The normalized spacial score (nSPS) is 10.4. The van der Waals surface area contributed by atoms with Crippen LogP contribution < -0.4 is 10.6 Å². The number of halogens is 1. The SMILES string of the molecule is CC(C)Sc1ccc(Cl)cc1NC(=O)NCCC(=O)O. The molecule has 0 unspecified atom stereocenters. The van der Waals surface area contributed by atoms with Crippen molar-refractivity contribution in [2.24, 2.45) is 0 Å². The number of rotatable bonds is 6. The predicted molar refractivity (Wildman–Crippen MR) is 81.7 cm³/mol. The van der Waals surface area contributed by atoms with Gasteiger partial charge in [0.05, 0.1) is 12.1 Å². The molecule has 20 heavy (non-hydrogen) atoms. The number of aliphatic carboxylic acids is 1. The number of hydrogen-bond acceptors (Lipinski definition) is 3. The number of anilines is 1. The second-order valence-corrected chi connectivity index (χ2v) is 6.39. The number of amides is 2. The van der Waals surface area contributed by atoms with Crippen LogP contribution >= 0.6 is 23.4 Å². The third-order valence-corrected chi connectivity index (χ3v) is 3.49. The number of carbonyl (C=O) groups is 2. The lowest BCUT2D eigenvalue weighted by molar-refractivity contribution is -0.136. The third-order valence-electron chi connectivity index (χ3n) is 2.18. The Morgan fingerprint density at radius 1 is 1.40 bits per heavy atom. The molecule has 0 radical (unpaired) electrons. The summed E-state index contributed by atoms with van der Waals surface area (Å²) in [7, 11) is 0. The minimum atomic E-state index is -0.955. The van der Waals surface area contributed by atoms with Gasteiger partial charge in [0.15, 0.2) is 0 Å². The van der Waals surface area contributed by atoms with Gasteiger partial charge >= 0.3 is 12.0 Å². The Morgan fingerprint density at radius 2 is 2.10 bits per heavy atom. The molecule has 0 saturated heterocycles. The first-order chi connectivity index (χ1) is 9.38. The van der Waals surface area contributed by atoms with Gasteiger partial charge in [-0.15, -0.1) is 11.8 Å². The number of hydrogen-bond donors (Lipinski definition) is 3. The Labute approximate surface area is 127 Å². The molecule has 5 nitrogen and oxygen atoms in total. The van der Waals surface area contributed by atoms with Crippen molar-refractivity contribution in [3.63, 3.8) is 0 Å². The highest BCUT2D eigenvalue weighted by Crippen LogP contribution is 2.32. The number of carbonyl (C=O) groups excluding carboxylic acids is 1. The smallest absolute Gasteiger partial charge is 0.319 e. The first-order valence-electron chi connectivity index (χ1n) is 6.11. The van der Waals surface area contributed by atoms with Crippen LogP contribution in [0.3, 0.4) is 0 Å². The molecule has 2 amide bonds. The summed E-state index contributed by atoms with van der Waals surface area (Å²) in [4.78, 5) is 23.0. The van der Waals surface area contributed by atoms with Crippen molar-refractivity contribution in [3.05, 3.63) is 23.2 Å². The molecular formula is C13H17ClN2O3S. The van der Waals surface area contributed by atoms with E-state index < -0.39 is 12.0 Å². The van der Waals surface area contributed by atoms with Crippen LogP contribution in [0.1, 0.15) is 20.3 Å². The van der Waals surface area contributed by atoms with E-state index in [1.54, 1.807) is 23.9 Å². The zero-order valence-electron chi connectivity index (χ0n) is 11.3. The van der Waals surface area contributed by atoms with Gasteiger partial charge in [0.25, 0.3) is 0 Å². The van der Waals surface area contributed by atoms with Gasteiger partial charge in [0, 0.05) is 21.7 Å². The van der Waals surface area contributed by atoms with Gasteiger partial charge in [-0.1, -0.05) is 25.4 Å². The fraction of sp³-hybridized carbons (Fsp3) is 0.385. The van der Waals surface area contributed by atoms with Crippen molar-refractivity contribution in [2.75, 3.05) is 11.9 Å². The molecule has 0 aliphatic heterocycles. The topological polar surface area (TPSA) is 78.4 Å². The van der Waals surface area contributed by atoms with E-state index in [1.807, 2.05) is 6.07 Å². The summed E-state index contributed by atoms with van der Waals surface area (Å²) in [6.07, 6.45) is -0.115. The molecule has 0 heterocycles. The average Bonchev–Trinajstić information content (AvgIpc) is 2.31. The van der Waals surface area contributed by atoms with Gasteiger partial charge < -0.3 is 15.7 Å². The molecule has 1 rings (SSSR count). The maximum absolute atomic E-state index is 11.7. The molecule has 0 aliphatic carbocycles. The van der Waals surface area contributed by atoms with E-state index in [-0.39, 0.29) is 13.0 Å². The van der Waals surface area contributed by atoms with E-state index in [2.05, 4.69) is 24.5 Å². The van der Waals surface area contributed by atoms with Crippen molar-refractivity contribution < 1.29 is 14.7 Å². The van der Waals surface area contributed by atoms with E-state index >= 15 is 0 Å². The molecule has 3 N–H and O–H groups in total. The number of carboxylic acid groups (broad SMARTS) is 1. The zero-order chi connectivity index (χ0) is 15.1. The van der Waals surface area contributed by atoms with Crippen LogP contribution in [0.25, 0.3) is 0 Å². The summed E-state index contributed by atoms with van der Waals surface area (Å²) >= 11 is 7.53. The van der Waals surface area contributed by atoms with Crippen LogP contribution in [0, 0.1) is 0 Å². The number of nitrogens with one attached hydrogen (secondary N) is 2. The molecule has 1 aromatic carbocycles. The van der Waals surface area contributed by atoms with Crippen molar-refractivity contribution in [2.45, 2.75) is 30.4 Å². The van der Waals surface area contributed by atoms with Crippen LogP contribution in [0.15, 0.2) is 23.1 Å². The lowest BCUT2D eigenvalue weighted by atomic mass is 10.3. The third kappa shape index (κ3) is 6.16. The molecule has 0 fully saturated rings. The standard InChI is InChI=1S/C13H17ClN2O3S/c1-8(2)20-11-4-3-9(14)7-10(11)16-13(19)15-6-5-12(17)18/h3-4,7-8H,5-6H2,1-2H3,(H,17,18)(H2,15,16,19). The van der Waals surface area contributed by atoms with Gasteiger partial charge in [0.2, 0.25) is 0 Å². The van der Waals surface area contributed by atoms with Crippen molar-refractivity contribution in [1.82, 2.24) is 5.32 Å². The van der Waals surface area contributed by atoms with Gasteiger partial charge in [-0.2, -0.15) is 0 Å². The van der Waals surface area contributed by atoms with Crippen molar-refractivity contribution in [3.8, 4) is 0 Å². The van der Waals surface area contributed by atoms with Crippen LogP contribution in [-0.2, 0) is 4.79 Å². The summed E-state index contributed by atoms with van der Waals surface area (Å²) in [5.74, 6) is -0.955. The minimum absolute atomic E-state index is 0.0778. The van der Waals surface area contributed by atoms with Crippen LogP contribution in [0.2, 0.25) is 5.02 Å². The number of benzene rings is 1. The summed E-state index contributed by atoms with van der Waals surface area (Å²) in [5, 5.41) is 14.6. The Balaban J connectivity index is 2.67. The van der Waals surface area contributed by atoms with E-state index in [0.717, 1.165) is 4.90 Å². The number of carboxylic acids is 1. The average molecular weight is 317 g/mol. The highest BCUT2D eigenvalue weighted by Gasteiger charge is 2.10. The first kappa shape index (κ1) is 16.7. The minimum Gasteiger partial charge on any atom is -0.481 e. The molecule has 110 valence electrons. The Bertz CT molecular complexity index is 495. The number of thioether (sulfide) groups is 1. The summed E-state index contributed by atoms with van der Waals surface area (Å²) in [6.45, 7) is 4.18. The highest BCUT2D eigenvalue weighted by atomic mass is 35.5. The van der Waals surface area contributed by atoms with E-state index in [0.29, 0.717) is 16.0 Å². The molecule has 1 aromatic rings. The maximum atomic E-state index is 11.7. The van der Waals surface area contributed by atoms with Gasteiger partial charge in [-0.3, -0.25) is 4.79 Å². The molecule has 0 saturated carbocycles. The Kier molecular flexibility index (Phi) is 6.67. The quantitative estimate of drug-likeness (QED) is 0.702. The highest BCUT2D eigenvalue weighted by molar-refractivity contribution is 8.00. The van der Waals surface area contributed by atoms with E-state index in [4.69, 9.17) is 16.7 Å². The van der Waals surface area contributed by atoms with Crippen molar-refractivity contribution in [1.29, 1.82) is 0 Å². The van der Waals surface area contributed by atoms with Crippen LogP contribution in [-0.4, -0.2) is 28.9 Å². The summed E-state index contributed by atoms with van der Waals surface area (Å²) in [5.41, 5.74) is 0.615. The van der Waals surface area contributed by atoms with Gasteiger partial charge in [-0.05, 0) is 18.2 Å². The Hall–Kier alpha value is -1.40. The zero-order valence-corrected chi connectivity index (χ0v) is 12.8. The summed E-state index contributed by atoms with van der Waals surface area (Å²) < 4.78 is 0. The predicted octanol–water partition coefficient (Wildman–Crippen LogP) is 3.44. The van der Waals surface area contributed by atoms with Gasteiger partial charge in [0.1, 0.15) is 0 Å². The fourth-order valence-electron chi connectivity index (χ4n) is 1.41. The van der Waals surface area contributed by atoms with Crippen LogP contribution in [0.5, 0.6) is 0 Å². The first-order valence-corrected chi connectivity index (χ1v) is 7.37. The van der Waals surface area contributed by atoms with Gasteiger partial charge in [-0.25, -0.2) is 4.79 Å². The maximum Gasteiger partial charge on any atom is 0.319 e. The molecule has 0 bridgehead atoms. The molecule has 0 spiro atoms. The second-order valence-electron chi connectivity index (χ2n) is 4.33. The molecule has 0 aromatic heterocycles. The second kappa shape index (κ2) is 8.01. The lowest BCUT2D eigenvalue weighted by Gasteiger charge is -2.13. The molecular weight excluding hydrogens is 300 g/mol. The monoisotopic (exact) mass is 316 g/mol. The molecule has 0 atom stereocenters. The van der Waals surface area contributed by atoms with Crippen molar-refractivity contribution >= 4 is 41.1 Å². The van der Waals surface area contributed by atoms with E-state index in [1.165, 1.54) is 0 Å². The Morgan fingerprint density at radius 3 is 2.70 bits per heavy atom. The fourth-order valence-corrected chi connectivity index (χ4v) is 2.47. The lowest BCUT2D eigenvalue weighted by Crippen LogP contribution is -2.30. The summed E-state index contributed by atoms with van der Waals surface area (Å²) in [6, 6.07) is 4.84. The largest absolute Gasteiger partial charge is 0.481 e. The molecule has 0 aliphatic rings. The van der Waals surface area contributed by atoms with E-state index in [9.17, 15) is 9.59 Å². The number of urea groups is 1. The molecule has 7 heteroatoms.